The van der Waals surface area contributed by atoms with Crippen molar-refractivity contribution in [3.05, 3.63) is 33.8 Å². The van der Waals surface area contributed by atoms with Crippen LogP contribution < -0.4 is 0 Å². The summed E-state index contributed by atoms with van der Waals surface area (Å²) < 4.78 is 0. The van der Waals surface area contributed by atoms with Crippen LogP contribution in [0.5, 0.6) is 0 Å². The third-order valence-corrected chi connectivity index (χ3v) is 5.73. The summed E-state index contributed by atoms with van der Waals surface area (Å²) >= 11 is 13.0. The molecule has 2 atom stereocenters. The zero-order valence-corrected chi connectivity index (χ0v) is 13.9. The summed E-state index contributed by atoms with van der Waals surface area (Å²) in [7, 11) is 0. The molecule has 0 amide bonds. The number of hydrogen-bond donors (Lipinski definition) is 0. The van der Waals surface area contributed by atoms with Gasteiger partial charge < -0.3 is 0 Å². The molecule has 2 unspecified atom stereocenters. The van der Waals surface area contributed by atoms with Gasteiger partial charge in [0, 0.05) is 5.02 Å². The number of aryl methyl sites for hydroxylation is 2. The van der Waals surface area contributed by atoms with E-state index < -0.39 is 0 Å². The van der Waals surface area contributed by atoms with Gasteiger partial charge in [-0.15, -0.1) is 11.6 Å². The summed E-state index contributed by atoms with van der Waals surface area (Å²) in [6.07, 6.45) is 5.17. The molecule has 0 radical (unpaired) electrons. The average molecular weight is 299 g/mol. The molecule has 0 bridgehead atoms. The van der Waals surface area contributed by atoms with Crippen molar-refractivity contribution in [1.29, 1.82) is 0 Å². The van der Waals surface area contributed by atoms with Crippen LogP contribution in [0.3, 0.4) is 0 Å². The monoisotopic (exact) mass is 298 g/mol. The van der Waals surface area contributed by atoms with E-state index >= 15 is 0 Å². The van der Waals surface area contributed by atoms with Crippen LogP contribution in [0.1, 0.15) is 61.6 Å². The normalized spacial score (nSPS) is 24.2. The Bertz CT molecular complexity index is 463. The Morgan fingerprint density at radius 3 is 2.47 bits per heavy atom. The molecule has 0 saturated heterocycles. The van der Waals surface area contributed by atoms with E-state index in [2.05, 4.69) is 39.8 Å². The molecule has 1 aromatic rings. The molecule has 0 spiro atoms. The molecule has 1 aliphatic rings. The van der Waals surface area contributed by atoms with Crippen molar-refractivity contribution in [1.82, 2.24) is 0 Å². The van der Waals surface area contributed by atoms with E-state index in [1.165, 1.54) is 36.8 Å². The zero-order chi connectivity index (χ0) is 14.2. The van der Waals surface area contributed by atoms with Gasteiger partial charge in [0.25, 0.3) is 0 Å². The third-order valence-electron chi connectivity index (χ3n) is 4.79. The minimum Gasteiger partial charge on any atom is -0.117 e. The van der Waals surface area contributed by atoms with Crippen molar-refractivity contribution in [3.63, 3.8) is 0 Å². The largest absolute Gasteiger partial charge is 0.117 e. The predicted octanol–water partition coefficient (Wildman–Crippen LogP) is 6.45. The van der Waals surface area contributed by atoms with Crippen LogP contribution in [0.4, 0.5) is 0 Å². The van der Waals surface area contributed by atoms with Crippen molar-refractivity contribution in [2.24, 2.45) is 11.3 Å². The second kappa shape index (κ2) is 5.66. The Morgan fingerprint density at radius 1 is 1.16 bits per heavy atom. The summed E-state index contributed by atoms with van der Waals surface area (Å²) in [4.78, 5) is 0. The highest BCUT2D eigenvalue weighted by atomic mass is 35.5. The van der Waals surface area contributed by atoms with E-state index in [1.807, 2.05) is 0 Å². The van der Waals surface area contributed by atoms with Gasteiger partial charge in [0.05, 0.1) is 5.38 Å². The fourth-order valence-electron chi connectivity index (χ4n) is 3.38. The molecule has 1 aromatic carbocycles. The molecule has 0 nitrogen and oxygen atoms in total. The molecule has 0 heterocycles. The maximum atomic E-state index is 6.86. The van der Waals surface area contributed by atoms with Crippen LogP contribution >= 0.6 is 23.2 Å². The maximum absolute atomic E-state index is 6.86. The fourth-order valence-corrected chi connectivity index (χ4v) is 4.30. The molecule has 1 fully saturated rings. The van der Waals surface area contributed by atoms with Crippen LogP contribution in [0, 0.1) is 25.2 Å². The van der Waals surface area contributed by atoms with E-state index in [0.29, 0.717) is 11.3 Å². The second-order valence-electron chi connectivity index (χ2n) is 6.70. The van der Waals surface area contributed by atoms with Gasteiger partial charge in [-0.25, -0.2) is 0 Å². The molecule has 2 rings (SSSR count). The quantitative estimate of drug-likeness (QED) is 0.550. The second-order valence-corrected chi connectivity index (χ2v) is 7.58. The van der Waals surface area contributed by atoms with Crippen molar-refractivity contribution in [2.75, 3.05) is 0 Å². The highest BCUT2D eigenvalue weighted by Crippen LogP contribution is 2.50. The Hall–Kier alpha value is -0.200. The van der Waals surface area contributed by atoms with E-state index in [1.54, 1.807) is 0 Å². The van der Waals surface area contributed by atoms with Gasteiger partial charge in [0.15, 0.2) is 0 Å². The summed E-state index contributed by atoms with van der Waals surface area (Å²) in [6.45, 7) is 8.90. The third kappa shape index (κ3) is 3.11. The van der Waals surface area contributed by atoms with E-state index in [-0.39, 0.29) is 5.38 Å². The minimum absolute atomic E-state index is 0.103. The molecular formula is C17H24Cl2. The predicted molar refractivity (Wildman–Crippen MR) is 85.3 cm³/mol. The van der Waals surface area contributed by atoms with E-state index in [9.17, 15) is 0 Å². The van der Waals surface area contributed by atoms with E-state index in [4.69, 9.17) is 23.2 Å². The minimum atomic E-state index is 0.103. The fraction of sp³-hybridized carbons (Fsp3) is 0.647. The Labute approximate surface area is 127 Å². The number of alkyl halides is 1. The van der Waals surface area contributed by atoms with Gasteiger partial charge in [-0.3, -0.25) is 0 Å². The highest BCUT2D eigenvalue weighted by molar-refractivity contribution is 6.31. The first-order chi connectivity index (χ1) is 8.83. The van der Waals surface area contributed by atoms with Gasteiger partial charge >= 0.3 is 0 Å². The van der Waals surface area contributed by atoms with Crippen LogP contribution in [0.25, 0.3) is 0 Å². The lowest BCUT2D eigenvalue weighted by Crippen LogP contribution is -2.31. The molecule has 106 valence electrons. The zero-order valence-electron chi connectivity index (χ0n) is 12.4. The molecular weight excluding hydrogens is 275 g/mol. The summed E-state index contributed by atoms with van der Waals surface area (Å²) in [5.41, 5.74) is 3.95. The summed E-state index contributed by atoms with van der Waals surface area (Å²) in [5, 5.41) is 0.944. The van der Waals surface area contributed by atoms with Crippen LogP contribution in [-0.4, -0.2) is 0 Å². The SMILES string of the molecule is Cc1cc(C(Cl)C2CCCCC2(C)C)c(C)cc1Cl. The number of benzene rings is 1. The average Bonchev–Trinajstić information content (AvgIpc) is 2.32. The Morgan fingerprint density at radius 2 is 1.84 bits per heavy atom. The Balaban J connectivity index is 2.33. The van der Waals surface area contributed by atoms with E-state index in [0.717, 1.165) is 10.6 Å². The molecule has 2 heteroatoms. The van der Waals surface area contributed by atoms with Gasteiger partial charge in [-0.2, -0.15) is 0 Å². The smallest absolute Gasteiger partial charge is 0.0621 e. The molecule has 1 saturated carbocycles. The number of hydrogen-bond acceptors (Lipinski definition) is 0. The van der Waals surface area contributed by atoms with Gasteiger partial charge in [-0.1, -0.05) is 44.4 Å². The summed E-state index contributed by atoms with van der Waals surface area (Å²) in [6, 6.07) is 4.23. The lowest BCUT2D eigenvalue weighted by Gasteiger charge is -2.41. The van der Waals surface area contributed by atoms with Gasteiger partial charge in [0.1, 0.15) is 0 Å². The van der Waals surface area contributed by atoms with Crippen LogP contribution in [-0.2, 0) is 0 Å². The van der Waals surface area contributed by atoms with Crippen molar-refractivity contribution < 1.29 is 0 Å². The van der Waals surface area contributed by atoms with Crippen molar-refractivity contribution in [2.45, 2.75) is 58.8 Å². The Kier molecular flexibility index (Phi) is 4.52. The summed E-state index contributed by atoms with van der Waals surface area (Å²) in [5.74, 6) is 0.558. The molecule has 1 aliphatic carbocycles. The highest BCUT2D eigenvalue weighted by Gasteiger charge is 2.37. The van der Waals surface area contributed by atoms with Crippen LogP contribution in [0.2, 0.25) is 5.02 Å². The molecule has 0 N–H and O–H groups in total. The van der Waals surface area contributed by atoms with Gasteiger partial charge in [0.2, 0.25) is 0 Å². The number of rotatable bonds is 2. The van der Waals surface area contributed by atoms with Crippen LogP contribution in [0.15, 0.2) is 12.1 Å². The first-order valence-corrected chi connectivity index (χ1v) is 8.05. The van der Waals surface area contributed by atoms with Crippen molar-refractivity contribution >= 4 is 23.2 Å². The molecule has 0 aromatic heterocycles. The number of halogens is 2. The van der Waals surface area contributed by atoms with Gasteiger partial charge in [-0.05, 0) is 60.8 Å². The lowest BCUT2D eigenvalue weighted by atomic mass is 9.66. The van der Waals surface area contributed by atoms with Crippen molar-refractivity contribution in [3.8, 4) is 0 Å². The maximum Gasteiger partial charge on any atom is 0.0621 e. The molecule has 19 heavy (non-hydrogen) atoms. The first kappa shape index (κ1) is 15.2. The molecule has 0 aliphatic heterocycles. The standard InChI is InChI=1S/C17H24Cl2/c1-11-10-15(18)12(2)9-13(11)16(19)14-7-5-6-8-17(14,3)4/h9-10,14,16H,5-8H2,1-4H3. The first-order valence-electron chi connectivity index (χ1n) is 7.23. The lowest BCUT2D eigenvalue weighted by molar-refractivity contribution is 0.133. The topological polar surface area (TPSA) is 0 Å².